The largest absolute Gasteiger partial charge is 0.383 e. The number of hydrogen-bond acceptors (Lipinski definition) is 5. The van der Waals surface area contributed by atoms with Crippen molar-refractivity contribution in [2.24, 2.45) is 0 Å². The Labute approximate surface area is 186 Å². The van der Waals surface area contributed by atoms with Gasteiger partial charge in [-0.25, -0.2) is 4.98 Å². The molecule has 1 saturated heterocycles. The maximum absolute atomic E-state index is 5.22. The second-order valence-corrected chi connectivity index (χ2v) is 9.55. The molecule has 0 bridgehead atoms. The van der Waals surface area contributed by atoms with Crippen LogP contribution in [-0.2, 0) is 4.74 Å². The van der Waals surface area contributed by atoms with Crippen molar-refractivity contribution >= 4 is 5.82 Å². The number of aromatic nitrogens is 3. The van der Waals surface area contributed by atoms with E-state index >= 15 is 0 Å². The molecule has 2 saturated carbocycles. The summed E-state index contributed by atoms with van der Waals surface area (Å²) in [6, 6.07) is 5.06. The second kappa shape index (κ2) is 9.70. The maximum atomic E-state index is 5.22. The fourth-order valence-electron chi connectivity index (χ4n) is 5.30. The highest BCUT2D eigenvalue weighted by Gasteiger charge is 2.28. The van der Waals surface area contributed by atoms with Crippen molar-refractivity contribution in [1.29, 1.82) is 0 Å². The number of pyridine rings is 1. The summed E-state index contributed by atoms with van der Waals surface area (Å²) in [5.74, 6) is 1.74. The first-order valence-electron chi connectivity index (χ1n) is 12.3. The zero-order valence-electron chi connectivity index (χ0n) is 19.0. The van der Waals surface area contributed by atoms with Crippen molar-refractivity contribution in [3.8, 4) is 11.1 Å². The molecule has 0 N–H and O–H groups in total. The third kappa shape index (κ3) is 4.65. The van der Waals surface area contributed by atoms with E-state index in [4.69, 9.17) is 14.8 Å². The van der Waals surface area contributed by atoms with Crippen LogP contribution in [0.3, 0.4) is 0 Å². The highest BCUT2D eigenvalue weighted by molar-refractivity contribution is 5.66. The van der Waals surface area contributed by atoms with Crippen LogP contribution in [0.25, 0.3) is 11.1 Å². The molecule has 2 aromatic heterocycles. The molecule has 2 aliphatic carbocycles. The Morgan fingerprint density at radius 1 is 0.968 bits per heavy atom. The van der Waals surface area contributed by atoms with Crippen LogP contribution in [0.15, 0.2) is 24.5 Å². The zero-order valence-corrected chi connectivity index (χ0v) is 19.0. The minimum atomic E-state index is 0.586. The molecule has 2 aromatic rings. The molecule has 0 spiro atoms. The molecular formula is C25H37N5O. The molecule has 0 aromatic carbocycles. The zero-order chi connectivity index (χ0) is 21.0. The van der Waals surface area contributed by atoms with Gasteiger partial charge in [-0.3, -0.25) is 9.58 Å². The van der Waals surface area contributed by atoms with Gasteiger partial charge in [0.15, 0.2) is 0 Å². The lowest BCUT2D eigenvalue weighted by molar-refractivity contribution is 0.144. The van der Waals surface area contributed by atoms with Gasteiger partial charge in [-0.1, -0.05) is 25.7 Å². The third-order valence-electron chi connectivity index (χ3n) is 7.57. The monoisotopic (exact) mass is 423 g/mol. The molecule has 3 fully saturated rings. The van der Waals surface area contributed by atoms with Crippen molar-refractivity contribution in [3.05, 3.63) is 30.2 Å². The lowest BCUT2D eigenvalue weighted by Crippen LogP contribution is -2.47. The van der Waals surface area contributed by atoms with Gasteiger partial charge in [-0.15, -0.1) is 0 Å². The molecule has 6 heteroatoms. The fourth-order valence-corrected chi connectivity index (χ4v) is 5.30. The number of ether oxygens (including phenoxy) is 1. The molecule has 0 atom stereocenters. The Morgan fingerprint density at radius 3 is 2.42 bits per heavy atom. The van der Waals surface area contributed by atoms with Crippen LogP contribution < -0.4 is 4.90 Å². The van der Waals surface area contributed by atoms with Crippen molar-refractivity contribution in [3.63, 3.8) is 0 Å². The summed E-state index contributed by atoms with van der Waals surface area (Å²) >= 11 is 0. The summed E-state index contributed by atoms with van der Waals surface area (Å²) in [7, 11) is 1.77. The SMILES string of the molecule is COCCN1CCN(c2ccc(-c3cn(C4CCCCC4)nc3C3CCC3)cn2)CC1. The van der Waals surface area contributed by atoms with Gasteiger partial charge in [-0.05, 0) is 37.8 Å². The summed E-state index contributed by atoms with van der Waals surface area (Å²) in [6.45, 7) is 6.04. The molecule has 3 aliphatic rings. The third-order valence-corrected chi connectivity index (χ3v) is 7.57. The van der Waals surface area contributed by atoms with Gasteiger partial charge in [0, 0.05) is 69.3 Å². The molecule has 0 amide bonds. The van der Waals surface area contributed by atoms with Crippen LogP contribution in [0.4, 0.5) is 5.82 Å². The summed E-state index contributed by atoms with van der Waals surface area (Å²) in [5.41, 5.74) is 3.86. The smallest absolute Gasteiger partial charge is 0.128 e. The van der Waals surface area contributed by atoms with E-state index in [1.165, 1.54) is 68.2 Å². The molecule has 168 valence electrons. The van der Waals surface area contributed by atoms with Gasteiger partial charge in [0.1, 0.15) is 5.82 Å². The number of rotatable bonds is 7. The fraction of sp³-hybridized carbons (Fsp3) is 0.680. The van der Waals surface area contributed by atoms with Crippen molar-refractivity contribution in [2.45, 2.75) is 63.3 Å². The van der Waals surface area contributed by atoms with E-state index in [2.05, 4.69) is 39.0 Å². The average molecular weight is 424 g/mol. The van der Waals surface area contributed by atoms with Gasteiger partial charge in [0.05, 0.1) is 18.3 Å². The highest BCUT2D eigenvalue weighted by Crippen LogP contribution is 2.41. The predicted octanol–water partition coefficient (Wildman–Crippen LogP) is 4.49. The normalized spacial score (nSPS) is 21.4. The van der Waals surface area contributed by atoms with Gasteiger partial charge >= 0.3 is 0 Å². The predicted molar refractivity (Wildman–Crippen MR) is 125 cm³/mol. The Bertz CT molecular complexity index is 830. The van der Waals surface area contributed by atoms with Crippen LogP contribution in [0, 0.1) is 0 Å². The number of methoxy groups -OCH3 is 1. The van der Waals surface area contributed by atoms with Gasteiger partial charge in [0.2, 0.25) is 0 Å². The summed E-state index contributed by atoms with van der Waals surface area (Å²) < 4.78 is 7.52. The Balaban J connectivity index is 1.30. The summed E-state index contributed by atoms with van der Waals surface area (Å²) in [4.78, 5) is 9.76. The molecule has 31 heavy (non-hydrogen) atoms. The summed E-state index contributed by atoms with van der Waals surface area (Å²) in [6.07, 6.45) is 14.9. The minimum Gasteiger partial charge on any atom is -0.383 e. The Kier molecular flexibility index (Phi) is 6.55. The van der Waals surface area contributed by atoms with Crippen molar-refractivity contribution in [1.82, 2.24) is 19.7 Å². The topological polar surface area (TPSA) is 46.4 Å². The molecule has 1 aliphatic heterocycles. The van der Waals surface area contributed by atoms with Gasteiger partial charge in [0.25, 0.3) is 0 Å². The van der Waals surface area contributed by atoms with E-state index in [0.29, 0.717) is 12.0 Å². The molecule has 6 nitrogen and oxygen atoms in total. The number of hydrogen-bond donors (Lipinski definition) is 0. The van der Waals surface area contributed by atoms with E-state index in [9.17, 15) is 0 Å². The Morgan fingerprint density at radius 2 is 1.77 bits per heavy atom. The van der Waals surface area contributed by atoms with E-state index in [-0.39, 0.29) is 0 Å². The second-order valence-electron chi connectivity index (χ2n) is 9.55. The van der Waals surface area contributed by atoms with Crippen molar-refractivity contribution in [2.75, 3.05) is 51.3 Å². The lowest BCUT2D eigenvalue weighted by atomic mass is 9.81. The minimum absolute atomic E-state index is 0.586. The van der Waals surface area contributed by atoms with Crippen LogP contribution in [0.2, 0.25) is 0 Å². The van der Waals surface area contributed by atoms with Crippen LogP contribution in [0.1, 0.15) is 69.0 Å². The number of piperazine rings is 1. The van der Waals surface area contributed by atoms with Crippen LogP contribution in [0.5, 0.6) is 0 Å². The van der Waals surface area contributed by atoms with Gasteiger partial charge < -0.3 is 9.64 Å². The standard InChI is InChI=1S/C25H37N5O/c1-31-17-16-28-12-14-29(15-13-28)24-11-10-21(18-26-24)23-19-30(22-8-3-2-4-9-22)27-25(23)20-6-5-7-20/h10-11,18-20,22H,2-9,12-17H2,1H3. The van der Waals surface area contributed by atoms with E-state index in [0.717, 1.165) is 45.1 Å². The first-order valence-corrected chi connectivity index (χ1v) is 12.3. The van der Waals surface area contributed by atoms with E-state index < -0.39 is 0 Å². The lowest BCUT2D eigenvalue weighted by Gasteiger charge is -2.35. The van der Waals surface area contributed by atoms with Crippen LogP contribution in [-0.4, -0.2) is 66.1 Å². The van der Waals surface area contributed by atoms with Crippen LogP contribution >= 0.6 is 0 Å². The first kappa shape index (κ1) is 21.0. The first-order chi connectivity index (χ1) is 15.3. The molecule has 0 radical (unpaired) electrons. The average Bonchev–Trinajstić information content (AvgIpc) is 3.22. The Hall–Kier alpha value is -1.92. The van der Waals surface area contributed by atoms with Crippen molar-refractivity contribution < 1.29 is 4.74 Å². The molecule has 0 unspecified atom stereocenters. The number of nitrogens with zero attached hydrogens (tertiary/aromatic N) is 5. The van der Waals surface area contributed by atoms with Gasteiger partial charge in [-0.2, -0.15) is 5.10 Å². The quantitative estimate of drug-likeness (QED) is 0.657. The van der Waals surface area contributed by atoms with E-state index in [1.807, 2.05) is 0 Å². The maximum Gasteiger partial charge on any atom is 0.128 e. The number of anilines is 1. The molecular weight excluding hydrogens is 386 g/mol. The molecule has 3 heterocycles. The van der Waals surface area contributed by atoms with E-state index in [1.54, 1.807) is 7.11 Å². The molecule has 5 rings (SSSR count). The highest BCUT2D eigenvalue weighted by atomic mass is 16.5. The summed E-state index contributed by atoms with van der Waals surface area (Å²) in [5, 5.41) is 5.14.